The molecule has 7 nitrogen and oxygen atoms in total. The number of carboxylic acids is 1. The van der Waals surface area contributed by atoms with E-state index in [0.717, 1.165) is 54.2 Å². The molecule has 1 N–H and O–H groups in total. The molecule has 1 aromatic heterocycles. The molecule has 2 aromatic carbocycles. The second-order valence-corrected chi connectivity index (χ2v) is 8.81. The lowest BCUT2D eigenvalue weighted by Gasteiger charge is -2.36. The number of benzene rings is 2. The Kier molecular flexibility index (Phi) is 5.96. The first-order valence-corrected chi connectivity index (χ1v) is 11.6. The number of para-hydroxylation sites is 1. The molecule has 1 amide bonds. The topological polar surface area (TPSA) is 78.7 Å². The third-order valence-corrected chi connectivity index (χ3v) is 6.75. The van der Waals surface area contributed by atoms with E-state index in [4.69, 9.17) is 10.2 Å². The van der Waals surface area contributed by atoms with Crippen molar-refractivity contribution in [1.82, 2.24) is 19.6 Å². The largest absolute Gasteiger partial charge is 0.478 e. The fraction of sp³-hybridized carbons (Fsp3) is 0.346. The van der Waals surface area contributed by atoms with Crippen LogP contribution >= 0.6 is 0 Å². The van der Waals surface area contributed by atoms with Crippen molar-refractivity contribution in [2.75, 3.05) is 26.2 Å². The zero-order valence-corrected chi connectivity index (χ0v) is 18.6. The van der Waals surface area contributed by atoms with Crippen molar-refractivity contribution < 1.29 is 14.7 Å². The second kappa shape index (κ2) is 9.19. The number of hydrogen-bond donors (Lipinski definition) is 1. The van der Waals surface area contributed by atoms with Crippen LogP contribution in [0.4, 0.5) is 0 Å². The summed E-state index contributed by atoms with van der Waals surface area (Å²) in [6.07, 6.45) is 7.29. The molecule has 0 spiro atoms. The van der Waals surface area contributed by atoms with Crippen molar-refractivity contribution in [3.63, 3.8) is 0 Å². The van der Waals surface area contributed by atoms with E-state index >= 15 is 0 Å². The number of nitrogens with zero attached hydrogens (tertiary/aromatic N) is 4. The number of carbonyl (C=O) groups is 2. The number of fused-ring (bicyclic) bond motifs is 1. The van der Waals surface area contributed by atoms with Crippen LogP contribution in [0.5, 0.6) is 0 Å². The number of hydrogen-bond acceptors (Lipinski definition) is 4. The van der Waals surface area contributed by atoms with Gasteiger partial charge in [0.2, 0.25) is 0 Å². The summed E-state index contributed by atoms with van der Waals surface area (Å²) in [4.78, 5) is 28.7. The van der Waals surface area contributed by atoms with Crippen molar-refractivity contribution in [2.45, 2.75) is 31.7 Å². The van der Waals surface area contributed by atoms with Crippen LogP contribution in [-0.4, -0.2) is 68.8 Å². The van der Waals surface area contributed by atoms with E-state index in [1.807, 2.05) is 53.4 Å². The average Bonchev–Trinajstić information content (AvgIpc) is 3.52. The SMILES string of the molecule is O=C(O)/C=C/c1ccc(-n2nc(C(=O)N3CCC(N4CCCC4)CC3)c3ccccc32)cc1. The van der Waals surface area contributed by atoms with Gasteiger partial charge >= 0.3 is 5.97 Å². The standard InChI is InChI=1S/C26H28N4O3/c31-24(32)12-9-19-7-10-21(11-8-19)30-23-6-2-1-5-22(23)25(27-30)26(33)29-17-13-20(14-18-29)28-15-3-4-16-28/h1-2,5-12,20H,3-4,13-18H2,(H,31,32)/b12-9+. The Bertz CT molecular complexity index is 1180. The molecule has 0 unspecified atom stereocenters. The predicted octanol–water partition coefficient (Wildman–Crippen LogP) is 3.82. The second-order valence-electron chi connectivity index (χ2n) is 8.81. The minimum Gasteiger partial charge on any atom is -0.478 e. The summed E-state index contributed by atoms with van der Waals surface area (Å²) < 4.78 is 1.80. The molecular formula is C26H28N4O3. The van der Waals surface area contributed by atoms with E-state index in [-0.39, 0.29) is 5.91 Å². The third-order valence-electron chi connectivity index (χ3n) is 6.75. The summed E-state index contributed by atoms with van der Waals surface area (Å²) in [7, 11) is 0. The van der Waals surface area contributed by atoms with E-state index in [1.54, 1.807) is 10.8 Å². The molecule has 0 radical (unpaired) electrons. The van der Waals surface area contributed by atoms with E-state index < -0.39 is 5.97 Å². The number of likely N-dealkylation sites (tertiary alicyclic amines) is 2. The van der Waals surface area contributed by atoms with Gasteiger partial charge in [-0.15, -0.1) is 0 Å². The molecule has 2 aliphatic rings. The molecule has 0 bridgehead atoms. The van der Waals surface area contributed by atoms with Gasteiger partial charge in [-0.2, -0.15) is 5.10 Å². The Labute approximate surface area is 192 Å². The quantitative estimate of drug-likeness (QED) is 0.605. The van der Waals surface area contributed by atoms with Gasteiger partial charge in [0.1, 0.15) is 0 Å². The molecule has 2 fully saturated rings. The van der Waals surface area contributed by atoms with Crippen LogP contribution in [0.15, 0.2) is 54.6 Å². The van der Waals surface area contributed by atoms with Crippen molar-refractivity contribution in [3.8, 4) is 5.69 Å². The highest BCUT2D eigenvalue weighted by atomic mass is 16.4. The predicted molar refractivity (Wildman–Crippen MR) is 127 cm³/mol. The fourth-order valence-corrected chi connectivity index (χ4v) is 5.01. The minimum atomic E-state index is -0.982. The highest BCUT2D eigenvalue weighted by Gasteiger charge is 2.30. The lowest BCUT2D eigenvalue weighted by atomic mass is 10.0. The number of aromatic nitrogens is 2. The maximum atomic E-state index is 13.5. The van der Waals surface area contributed by atoms with E-state index in [1.165, 1.54) is 25.9 Å². The van der Waals surface area contributed by atoms with Crippen molar-refractivity contribution in [1.29, 1.82) is 0 Å². The van der Waals surface area contributed by atoms with E-state index in [2.05, 4.69) is 4.90 Å². The number of aliphatic carboxylic acids is 1. The van der Waals surface area contributed by atoms with Gasteiger partial charge in [-0.3, -0.25) is 4.79 Å². The monoisotopic (exact) mass is 444 g/mol. The average molecular weight is 445 g/mol. The van der Waals surface area contributed by atoms with Gasteiger partial charge in [0.25, 0.3) is 5.91 Å². The normalized spacial score (nSPS) is 17.9. The third kappa shape index (κ3) is 4.41. The maximum Gasteiger partial charge on any atom is 0.328 e. The van der Waals surface area contributed by atoms with E-state index in [9.17, 15) is 9.59 Å². The Morgan fingerprint density at radius 3 is 2.33 bits per heavy atom. The van der Waals surface area contributed by atoms with Gasteiger partial charge in [0, 0.05) is 30.6 Å². The molecule has 3 aromatic rings. The molecule has 0 saturated carbocycles. The highest BCUT2D eigenvalue weighted by Crippen LogP contribution is 2.26. The summed E-state index contributed by atoms with van der Waals surface area (Å²) in [6.45, 7) is 3.93. The number of carbonyl (C=O) groups excluding carboxylic acids is 1. The maximum absolute atomic E-state index is 13.5. The van der Waals surface area contributed by atoms with Crippen LogP contribution in [0, 0.1) is 0 Å². The summed E-state index contributed by atoms with van der Waals surface area (Å²) in [5.74, 6) is -0.990. The Morgan fingerprint density at radius 2 is 1.64 bits per heavy atom. The van der Waals surface area contributed by atoms with E-state index in [0.29, 0.717) is 11.7 Å². The zero-order chi connectivity index (χ0) is 22.8. The van der Waals surface area contributed by atoms with Gasteiger partial charge in [-0.05, 0) is 68.6 Å². The fourth-order valence-electron chi connectivity index (χ4n) is 5.01. The number of carboxylic acid groups (broad SMARTS) is 1. The van der Waals surface area contributed by atoms with Crippen LogP contribution in [-0.2, 0) is 4.79 Å². The number of piperidine rings is 1. The molecule has 0 atom stereocenters. The van der Waals surface area contributed by atoms with Gasteiger partial charge < -0.3 is 14.9 Å². The molecule has 33 heavy (non-hydrogen) atoms. The van der Waals surface area contributed by atoms with Crippen LogP contribution in [0.25, 0.3) is 22.7 Å². The van der Waals surface area contributed by atoms with Crippen molar-refractivity contribution >= 4 is 28.9 Å². The molecule has 2 saturated heterocycles. The molecule has 0 aliphatic carbocycles. The summed E-state index contributed by atoms with van der Waals surface area (Å²) >= 11 is 0. The Hall–Kier alpha value is -3.45. The van der Waals surface area contributed by atoms with Crippen LogP contribution in [0.3, 0.4) is 0 Å². The minimum absolute atomic E-state index is 0.00849. The Balaban J connectivity index is 1.38. The summed E-state index contributed by atoms with van der Waals surface area (Å²) in [6, 6.07) is 15.9. The molecule has 7 heteroatoms. The molecule has 2 aliphatic heterocycles. The summed E-state index contributed by atoms with van der Waals surface area (Å²) in [5.41, 5.74) is 2.97. The smallest absolute Gasteiger partial charge is 0.328 e. The molecular weight excluding hydrogens is 416 g/mol. The van der Waals surface area contributed by atoms with Gasteiger partial charge in [-0.1, -0.05) is 30.3 Å². The molecule has 5 rings (SSSR count). The Morgan fingerprint density at radius 1 is 0.939 bits per heavy atom. The number of amides is 1. The van der Waals surface area contributed by atoms with Crippen molar-refractivity contribution in [3.05, 3.63) is 65.9 Å². The first-order valence-electron chi connectivity index (χ1n) is 11.6. The number of rotatable bonds is 5. The highest BCUT2D eigenvalue weighted by molar-refractivity contribution is 6.05. The first-order chi connectivity index (χ1) is 16.1. The van der Waals surface area contributed by atoms with Gasteiger partial charge in [0.05, 0.1) is 11.2 Å². The zero-order valence-electron chi connectivity index (χ0n) is 18.6. The summed E-state index contributed by atoms with van der Waals surface area (Å²) in [5, 5.41) is 14.4. The molecule has 170 valence electrons. The van der Waals surface area contributed by atoms with Gasteiger partial charge in [0.15, 0.2) is 5.69 Å². The van der Waals surface area contributed by atoms with Crippen molar-refractivity contribution in [2.24, 2.45) is 0 Å². The van der Waals surface area contributed by atoms with Crippen LogP contribution in [0.1, 0.15) is 41.7 Å². The lowest BCUT2D eigenvalue weighted by molar-refractivity contribution is -0.131. The first kappa shape index (κ1) is 21.4. The van der Waals surface area contributed by atoms with Gasteiger partial charge in [-0.25, -0.2) is 9.48 Å². The lowest BCUT2D eigenvalue weighted by Crippen LogP contribution is -2.46. The molecule has 3 heterocycles. The van der Waals surface area contributed by atoms with Crippen LogP contribution in [0.2, 0.25) is 0 Å². The van der Waals surface area contributed by atoms with Crippen LogP contribution < -0.4 is 0 Å².